The third-order valence-electron chi connectivity index (χ3n) is 3.92. The van der Waals surface area contributed by atoms with Gasteiger partial charge in [-0.1, -0.05) is 20.4 Å². The Hall–Kier alpha value is -0.230. The van der Waals surface area contributed by atoms with E-state index in [1.807, 2.05) is 0 Å². The van der Waals surface area contributed by atoms with Crippen molar-refractivity contribution in [2.75, 3.05) is 26.7 Å². The van der Waals surface area contributed by atoms with Crippen molar-refractivity contribution in [3.05, 3.63) is 12.3 Å². The minimum absolute atomic E-state index is 0.202. The molecule has 2 N–H and O–H groups in total. The summed E-state index contributed by atoms with van der Waals surface area (Å²) in [6, 6.07) is 0. The van der Waals surface area contributed by atoms with Gasteiger partial charge in [-0.2, -0.15) is 0 Å². The zero-order valence-electron chi connectivity index (χ0n) is 13.0. The highest BCUT2D eigenvalue weighted by molar-refractivity contribution is 7.95. The van der Waals surface area contributed by atoms with Crippen LogP contribution in [0.25, 0.3) is 0 Å². The maximum Gasteiger partial charge on any atom is 0.103 e. The molecule has 5 heteroatoms. The van der Waals surface area contributed by atoms with Crippen LogP contribution in [0.1, 0.15) is 33.1 Å². The van der Waals surface area contributed by atoms with Crippen molar-refractivity contribution in [3.63, 3.8) is 0 Å². The van der Waals surface area contributed by atoms with E-state index in [-0.39, 0.29) is 6.17 Å². The second kappa shape index (κ2) is 7.69. The largest absolute Gasteiger partial charge is 0.371 e. The first-order valence-corrected chi connectivity index (χ1v) is 8.58. The second-order valence-electron chi connectivity index (χ2n) is 6.20. The summed E-state index contributed by atoms with van der Waals surface area (Å²) in [5.74, 6) is 1.24. The molecule has 0 aromatic heterocycles. The Morgan fingerprint density at radius 3 is 2.95 bits per heavy atom. The first kappa shape index (κ1) is 16.1. The highest BCUT2D eigenvalue weighted by Crippen LogP contribution is 2.34. The van der Waals surface area contributed by atoms with Gasteiger partial charge in [-0.3, -0.25) is 5.32 Å². The Bertz CT molecular complexity index is 322. The van der Waals surface area contributed by atoms with Gasteiger partial charge < -0.3 is 14.4 Å². The summed E-state index contributed by atoms with van der Waals surface area (Å²) >= 11 is 1.58. The quantitative estimate of drug-likeness (QED) is 0.673. The van der Waals surface area contributed by atoms with E-state index in [2.05, 4.69) is 43.0 Å². The van der Waals surface area contributed by atoms with E-state index in [0.717, 1.165) is 13.1 Å². The standard InChI is InChI=1S/C15H29N3OS/c1-5-8-18(4)9-11(2)15-17-14(10-19-20-15)16-12(3)13-6-7-13/h11,13-17H,3,5-10H2,1-2,4H3. The van der Waals surface area contributed by atoms with Crippen LogP contribution in [0.2, 0.25) is 0 Å². The fraction of sp³-hybridized carbons (Fsp3) is 0.867. The molecular weight excluding hydrogens is 270 g/mol. The molecule has 2 aliphatic rings. The average Bonchev–Trinajstić information content (AvgIpc) is 3.23. The van der Waals surface area contributed by atoms with Gasteiger partial charge in [-0.25, -0.2) is 0 Å². The van der Waals surface area contributed by atoms with Gasteiger partial charge in [-0.15, -0.1) is 0 Å². The van der Waals surface area contributed by atoms with Crippen LogP contribution < -0.4 is 10.6 Å². The molecule has 0 amide bonds. The smallest absolute Gasteiger partial charge is 0.103 e. The molecule has 3 unspecified atom stereocenters. The maximum atomic E-state index is 5.69. The fourth-order valence-electron chi connectivity index (χ4n) is 2.63. The highest BCUT2D eigenvalue weighted by Gasteiger charge is 2.30. The van der Waals surface area contributed by atoms with Crippen LogP contribution in [-0.4, -0.2) is 43.2 Å². The summed E-state index contributed by atoms with van der Waals surface area (Å²) in [6.07, 6.45) is 3.98. The monoisotopic (exact) mass is 299 g/mol. The van der Waals surface area contributed by atoms with Crippen LogP contribution in [0.4, 0.5) is 0 Å². The van der Waals surface area contributed by atoms with Crippen molar-refractivity contribution in [3.8, 4) is 0 Å². The van der Waals surface area contributed by atoms with Gasteiger partial charge in [0.05, 0.1) is 12.0 Å². The van der Waals surface area contributed by atoms with Gasteiger partial charge >= 0.3 is 0 Å². The molecule has 1 heterocycles. The Balaban J connectivity index is 1.75. The van der Waals surface area contributed by atoms with Crippen LogP contribution in [0.15, 0.2) is 12.3 Å². The predicted octanol–water partition coefficient (Wildman–Crippen LogP) is 2.40. The number of nitrogens with zero attached hydrogens (tertiary/aromatic N) is 1. The van der Waals surface area contributed by atoms with Gasteiger partial charge in [0.15, 0.2) is 0 Å². The van der Waals surface area contributed by atoms with Gasteiger partial charge in [-0.05, 0) is 44.7 Å². The third-order valence-corrected chi connectivity index (χ3v) is 5.00. The molecular formula is C15H29N3OS. The van der Waals surface area contributed by atoms with Gasteiger partial charge in [0.1, 0.15) is 6.17 Å². The molecule has 0 aromatic rings. The van der Waals surface area contributed by atoms with Crippen LogP contribution in [0.3, 0.4) is 0 Å². The molecule has 2 fully saturated rings. The fourth-order valence-corrected chi connectivity index (χ4v) is 3.49. The molecule has 0 spiro atoms. The van der Waals surface area contributed by atoms with Crippen molar-refractivity contribution in [2.45, 2.75) is 44.6 Å². The Labute approximate surface area is 127 Å². The molecule has 1 aliphatic heterocycles. The minimum atomic E-state index is 0.202. The van der Waals surface area contributed by atoms with E-state index in [1.165, 1.54) is 25.0 Å². The summed E-state index contributed by atoms with van der Waals surface area (Å²) < 4.78 is 5.69. The minimum Gasteiger partial charge on any atom is -0.371 e. The summed E-state index contributed by atoms with van der Waals surface area (Å²) in [4.78, 5) is 2.40. The first-order chi connectivity index (χ1) is 9.60. The lowest BCUT2D eigenvalue weighted by Gasteiger charge is -2.35. The SMILES string of the molecule is C=C(NC1COSC(C(C)CN(C)CCC)N1)C1CC1. The molecule has 4 nitrogen and oxygen atoms in total. The summed E-state index contributed by atoms with van der Waals surface area (Å²) in [7, 11) is 2.19. The van der Waals surface area contributed by atoms with Crippen LogP contribution in [0.5, 0.6) is 0 Å². The van der Waals surface area contributed by atoms with Crippen molar-refractivity contribution >= 4 is 12.0 Å². The zero-order chi connectivity index (χ0) is 14.5. The van der Waals surface area contributed by atoms with E-state index in [0.29, 0.717) is 23.8 Å². The molecule has 1 aliphatic carbocycles. The Morgan fingerprint density at radius 2 is 2.30 bits per heavy atom. The molecule has 1 saturated heterocycles. The molecule has 116 valence electrons. The van der Waals surface area contributed by atoms with Crippen LogP contribution in [-0.2, 0) is 4.18 Å². The molecule has 3 atom stereocenters. The summed E-state index contributed by atoms with van der Waals surface area (Å²) in [6.45, 7) is 11.6. The van der Waals surface area contributed by atoms with E-state index < -0.39 is 0 Å². The molecule has 0 radical (unpaired) electrons. The topological polar surface area (TPSA) is 36.5 Å². The normalized spacial score (nSPS) is 28.4. The van der Waals surface area contributed by atoms with Crippen LogP contribution >= 0.6 is 12.0 Å². The van der Waals surface area contributed by atoms with E-state index in [4.69, 9.17) is 4.18 Å². The van der Waals surface area contributed by atoms with Crippen molar-refractivity contribution in [2.24, 2.45) is 11.8 Å². The molecule has 1 saturated carbocycles. The maximum absolute atomic E-state index is 5.69. The van der Waals surface area contributed by atoms with E-state index in [1.54, 1.807) is 12.0 Å². The van der Waals surface area contributed by atoms with Gasteiger partial charge in [0.2, 0.25) is 0 Å². The van der Waals surface area contributed by atoms with Crippen molar-refractivity contribution < 1.29 is 4.18 Å². The Kier molecular flexibility index (Phi) is 6.20. The number of nitrogens with one attached hydrogen (secondary N) is 2. The number of hydrogen-bond donors (Lipinski definition) is 2. The molecule has 0 aromatic carbocycles. The lowest BCUT2D eigenvalue weighted by molar-refractivity contribution is 0.207. The van der Waals surface area contributed by atoms with Crippen molar-refractivity contribution in [1.29, 1.82) is 0 Å². The van der Waals surface area contributed by atoms with Crippen molar-refractivity contribution in [1.82, 2.24) is 15.5 Å². The highest BCUT2D eigenvalue weighted by atomic mass is 32.2. The average molecular weight is 299 g/mol. The number of hydrogen-bond acceptors (Lipinski definition) is 5. The number of allylic oxidation sites excluding steroid dienone is 1. The van der Waals surface area contributed by atoms with Crippen LogP contribution in [0, 0.1) is 11.8 Å². The zero-order valence-corrected chi connectivity index (χ0v) is 13.8. The second-order valence-corrected chi connectivity index (χ2v) is 7.14. The molecule has 0 bridgehead atoms. The van der Waals surface area contributed by atoms with E-state index >= 15 is 0 Å². The summed E-state index contributed by atoms with van der Waals surface area (Å²) in [5.41, 5.74) is 1.17. The first-order valence-electron chi connectivity index (χ1n) is 7.78. The Morgan fingerprint density at radius 1 is 1.55 bits per heavy atom. The number of rotatable bonds is 8. The summed E-state index contributed by atoms with van der Waals surface area (Å²) in [5, 5.41) is 7.48. The lowest BCUT2D eigenvalue weighted by atomic mass is 10.1. The third kappa shape index (κ3) is 4.95. The molecule has 2 rings (SSSR count). The van der Waals surface area contributed by atoms with Gasteiger partial charge in [0, 0.05) is 24.3 Å². The predicted molar refractivity (Wildman–Crippen MR) is 86.2 cm³/mol. The van der Waals surface area contributed by atoms with E-state index in [9.17, 15) is 0 Å². The molecule has 20 heavy (non-hydrogen) atoms. The lowest BCUT2D eigenvalue weighted by Crippen LogP contribution is -2.54. The van der Waals surface area contributed by atoms with Gasteiger partial charge in [0.25, 0.3) is 0 Å².